The van der Waals surface area contributed by atoms with Crippen molar-refractivity contribution >= 4 is 142 Å². The average Bonchev–Trinajstić information content (AvgIpc) is 2.92. The van der Waals surface area contributed by atoms with Crippen LogP contribution in [0.5, 0.6) is 0 Å². The Morgan fingerprint density at radius 1 is 0.195 bits per heavy atom. The third-order valence-electron chi connectivity index (χ3n) is 17.2. The molecule has 0 saturated heterocycles. The number of aromatic nitrogens is 2. The Kier molecular flexibility index (Phi) is 10.3. The molecule has 0 saturated carbocycles. The molecule has 382 valence electrons. The molecule has 17 rings (SSSR count). The van der Waals surface area contributed by atoms with Crippen molar-refractivity contribution in [2.24, 2.45) is 0 Å². The van der Waals surface area contributed by atoms with Crippen molar-refractivity contribution in [2.45, 2.75) is 0 Å². The summed E-state index contributed by atoms with van der Waals surface area (Å²) >= 11 is 0. The fourth-order valence-electron chi connectivity index (χ4n) is 13.7. The Bertz CT molecular complexity index is 5030. The molecule has 4 heteroatoms. The normalized spacial score (nSPS) is 11.9. The molecule has 2 aromatic heterocycles. The quantitative estimate of drug-likeness (QED) is 0.111. The summed E-state index contributed by atoms with van der Waals surface area (Å²) < 4.78 is 4.92. The molecule has 0 unspecified atom stereocenters. The van der Waals surface area contributed by atoms with Gasteiger partial charge in [0.2, 0.25) is 0 Å². The Morgan fingerprint density at radius 2 is 0.476 bits per heavy atom. The lowest BCUT2D eigenvalue weighted by Gasteiger charge is -2.33. The van der Waals surface area contributed by atoms with E-state index in [0.29, 0.717) is 0 Å². The molecule has 82 heavy (non-hydrogen) atoms. The van der Waals surface area contributed by atoms with Gasteiger partial charge in [0.05, 0.1) is 56.2 Å². The number of fused-ring (bicyclic) bond motifs is 12. The zero-order valence-corrected chi connectivity index (χ0v) is 44.7. The van der Waals surface area contributed by atoms with E-state index in [0.717, 1.165) is 66.7 Å². The average molecular weight is 1040 g/mol. The fourth-order valence-corrected chi connectivity index (χ4v) is 13.7. The number of rotatable bonds is 8. The van der Waals surface area contributed by atoms with E-state index in [9.17, 15) is 0 Å². The first-order chi connectivity index (χ1) is 40.7. The Hall–Kier alpha value is -10.9. The van der Waals surface area contributed by atoms with Gasteiger partial charge in [-0.05, 0) is 94.3 Å². The predicted octanol–water partition coefficient (Wildman–Crippen LogP) is 21.7. The molecule has 0 spiro atoms. The second-order valence-corrected chi connectivity index (χ2v) is 21.6. The summed E-state index contributed by atoms with van der Waals surface area (Å²) in [5.74, 6) is 0. The molecule has 0 N–H and O–H groups in total. The maximum absolute atomic E-state index is 2.55. The zero-order chi connectivity index (χ0) is 53.8. The van der Waals surface area contributed by atoms with Crippen molar-refractivity contribution in [3.8, 4) is 11.4 Å². The van der Waals surface area contributed by atoms with E-state index in [1.54, 1.807) is 0 Å². The highest BCUT2D eigenvalue weighted by molar-refractivity contribution is 6.26. The molecule has 0 radical (unpaired) electrons. The van der Waals surface area contributed by atoms with E-state index >= 15 is 0 Å². The van der Waals surface area contributed by atoms with Gasteiger partial charge in [-0.2, -0.15) is 0 Å². The maximum Gasteiger partial charge on any atom is 0.0620 e. The zero-order valence-electron chi connectivity index (χ0n) is 44.7. The SMILES string of the molecule is c1ccc2c(N(c3ccc4c(c3)c3ccccc3n4-c3cccc4ccccc34)c3c4ccccc4c(N(c4ccc5c(c4)c4ccccc4n5-c4cccc5ccccc45)c4cccc5ccccc45)c4ccccc34)cccc2c1. The molecule has 0 bridgehead atoms. The van der Waals surface area contributed by atoms with Crippen LogP contribution in [0.4, 0.5) is 34.1 Å². The lowest BCUT2D eigenvalue weighted by molar-refractivity contribution is 1.20. The first-order valence-corrected chi connectivity index (χ1v) is 28.3. The fraction of sp³-hybridized carbons (Fsp3) is 0. The van der Waals surface area contributed by atoms with E-state index in [4.69, 9.17) is 0 Å². The van der Waals surface area contributed by atoms with Crippen molar-refractivity contribution in [3.05, 3.63) is 303 Å². The Labute approximate surface area is 473 Å². The van der Waals surface area contributed by atoms with Gasteiger partial charge in [-0.3, -0.25) is 0 Å². The standard InChI is InChI=1S/C78H50N4/c1-5-29-57-51(21-1)25-17-41-69(57)79(55-45-47-75-67(49-55)61-33-13-15-39-73(61)81(75)71-43-19-27-53-23-3-7-31-59(53)71)77-63-35-9-11-37-65(63)78(66-38-12-10-36-64(66)77)80(70-42-18-26-52-22-2-6-30-58(52)70)56-46-48-76-68(50-56)62-34-14-16-40-74(62)82(76)72-44-20-28-54-24-4-8-32-60(54)72/h1-50H. The molecule has 0 aliphatic rings. The van der Waals surface area contributed by atoms with Crippen LogP contribution in [0.1, 0.15) is 0 Å². The highest BCUT2D eigenvalue weighted by Crippen LogP contribution is 2.54. The molecular weight excluding hydrogens is 993 g/mol. The summed E-state index contributed by atoms with van der Waals surface area (Å²) in [6, 6.07) is 112. The summed E-state index contributed by atoms with van der Waals surface area (Å²) in [5.41, 5.74) is 13.6. The van der Waals surface area contributed by atoms with Gasteiger partial charge in [-0.15, -0.1) is 0 Å². The summed E-state index contributed by atoms with van der Waals surface area (Å²) in [6.07, 6.45) is 0. The molecule has 2 heterocycles. The van der Waals surface area contributed by atoms with Gasteiger partial charge >= 0.3 is 0 Å². The van der Waals surface area contributed by atoms with Gasteiger partial charge in [0, 0.05) is 76.0 Å². The Balaban J connectivity index is 0.956. The number of para-hydroxylation sites is 2. The molecule has 0 amide bonds. The van der Waals surface area contributed by atoms with E-state index < -0.39 is 0 Å². The van der Waals surface area contributed by atoms with E-state index in [1.165, 1.54) is 87.0 Å². The topological polar surface area (TPSA) is 16.3 Å². The smallest absolute Gasteiger partial charge is 0.0620 e. The highest BCUT2D eigenvalue weighted by Gasteiger charge is 2.28. The molecule has 0 aliphatic carbocycles. The monoisotopic (exact) mass is 1040 g/mol. The van der Waals surface area contributed by atoms with Crippen LogP contribution >= 0.6 is 0 Å². The van der Waals surface area contributed by atoms with Crippen LogP contribution in [0.2, 0.25) is 0 Å². The lowest BCUT2D eigenvalue weighted by atomic mass is 9.94. The third kappa shape index (κ3) is 6.92. The van der Waals surface area contributed by atoms with Crippen LogP contribution < -0.4 is 9.80 Å². The van der Waals surface area contributed by atoms with Gasteiger partial charge in [-0.1, -0.05) is 231 Å². The second-order valence-electron chi connectivity index (χ2n) is 21.6. The van der Waals surface area contributed by atoms with Crippen molar-refractivity contribution < 1.29 is 0 Å². The molecule has 0 fully saturated rings. The largest absolute Gasteiger partial charge is 0.309 e. The number of benzene rings is 15. The number of hydrogen-bond donors (Lipinski definition) is 0. The van der Waals surface area contributed by atoms with Crippen LogP contribution in [-0.4, -0.2) is 9.13 Å². The van der Waals surface area contributed by atoms with Gasteiger partial charge in [0.15, 0.2) is 0 Å². The number of anilines is 6. The summed E-state index contributed by atoms with van der Waals surface area (Å²) in [4.78, 5) is 5.10. The predicted molar refractivity (Wildman–Crippen MR) is 350 cm³/mol. The van der Waals surface area contributed by atoms with Gasteiger partial charge in [-0.25, -0.2) is 0 Å². The van der Waals surface area contributed by atoms with Crippen LogP contribution in [0, 0.1) is 0 Å². The van der Waals surface area contributed by atoms with Crippen molar-refractivity contribution in [1.29, 1.82) is 0 Å². The summed E-state index contributed by atoms with van der Waals surface area (Å²) in [6.45, 7) is 0. The van der Waals surface area contributed by atoms with Gasteiger partial charge in [0.1, 0.15) is 0 Å². The van der Waals surface area contributed by atoms with Crippen LogP contribution in [0.3, 0.4) is 0 Å². The maximum atomic E-state index is 2.55. The van der Waals surface area contributed by atoms with Gasteiger partial charge in [0.25, 0.3) is 0 Å². The molecule has 0 aliphatic heterocycles. The number of nitrogens with zero attached hydrogens (tertiary/aromatic N) is 4. The van der Waals surface area contributed by atoms with Crippen molar-refractivity contribution in [1.82, 2.24) is 9.13 Å². The third-order valence-corrected chi connectivity index (χ3v) is 17.2. The molecule has 0 atom stereocenters. The molecular formula is C78H50N4. The molecule has 4 nitrogen and oxygen atoms in total. The van der Waals surface area contributed by atoms with E-state index in [1.807, 2.05) is 0 Å². The molecule has 17 aromatic rings. The van der Waals surface area contributed by atoms with Crippen molar-refractivity contribution in [3.63, 3.8) is 0 Å². The Morgan fingerprint density at radius 3 is 0.866 bits per heavy atom. The molecule has 15 aromatic carbocycles. The summed E-state index contributed by atoms with van der Waals surface area (Å²) in [7, 11) is 0. The van der Waals surface area contributed by atoms with Crippen LogP contribution in [-0.2, 0) is 0 Å². The minimum absolute atomic E-state index is 1.08. The van der Waals surface area contributed by atoms with E-state index in [-0.39, 0.29) is 0 Å². The first-order valence-electron chi connectivity index (χ1n) is 28.3. The van der Waals surface area contributed by atoms with Gasteiger partial charge < -0.3 is 18.9 Å². The first kappa shape index (κ1) is 46.0. The number of hydrogen-bond acceptors (Lipinski definition) is 2. The minimum atomic E-state index is 1.08. The van der Waals surface area contributed by atoms with Crippen molar-refractivity contribution in [2.75, 3.05) is 9.80 Å². The minimum Gasteiger partial charge on any atom is -0.309 e. The van der Waals surface area contributed by atoms with Crippen LogP contribution in [0.15, 0.2) is 303 Å². The lowest BCUT2D eigenvalue weighted by Crippen LogP contribution is -2.15. The van der Waals surface area contributed by atoms with Crippen LogP contribution in [0.25, 0.3) is 120 Å². The summed E-state index contributed by atoms with van der Waals surface area (Å²) in [5, 5.41) is 18.9. The van der Waals surface area contributed by atoms with E-state index in [2.05, 4.69) is 322 Å². The highest BCUT2D eigenvalue weighted by atomic mass is 15.2. The second kappa shape index (κ2) is 18.3.